The lowest BCUT2D eigenvalue weighted by Gasteiger charge is -2.14. The van der Waals surface area contributed by atoms with Crippen molar-refractivity contribution in [2.24, 2.45) is 5.92 Å². The van der Waals surface area contributed by atoms with Crippen LogP contribution in [0.3, 0.4) is 0 Å². The molecular formula is C18H19F3N4O3. The first-order chi connectivity index (χ1) is 13.2. The highest BCUT2D eigenvalue weighted by Gasteiger charge is 2.32. The van der Waals surface area contributed by atoms with Crippen molar-refractivity contribution in [1.82, 2.24) is 15.2 Å². The van der Waals surface area contributed by atoms with Crippen LogP contribution < -0.4 is 5.32 Å². The van der Waals surface area contributed by atoms with E-state index in [9.17, 15) is 23.1 Å². The zero-order chi connectivity index (χ0) is 20.5. The number of aromatic hydroxyl groups is 1. The summed E-state index contributed by atoms with van der Waals surface area (Å²) >= 11 is 0. The number of benzene rings is 1. The smallest absolute Gasteiger partial charge is 0.416 e. The number of ether oxygens (including phenoxy) is 1. The van der Waals surface area contributed by atoms with Crippen LogP contribution >= 0.6 is 0 Å². The van der Waals surface area contributed by atoms with Crippen LogP contribution in [0.15, 0.2) is 18.2 Å². The second kappa shape index (κ2) is 7.61. The zero-order valence-electron chi connectivity index (χ0n) is 15.2. The van der Waals surface area contributed by atoms with E-state index < -0.39 is 17.5 Å². The third kappa shape index (κ3) is 4.15. The van der Waals surface area contributed by atoms with E-state index in [1.54, 1.807) is 6.92 Å². The van der Waals surface area contributed by atoms with Crippen molar-refractivity contribution in [1.29, 1.82) is 0 Å². The quantitative estimate of drug-likeness (QED) is 0.765. The zero-order valence-corrected chi connectivity index (χ0v) is 15.2. The molecule has 2 N–H and O–H groups in total. The number of carbonyl (C=O) groups excluding carboxylic acids is 1. The number of halogens is 3. The molecule has 1 aliphatic rings. The van der Waals surface area contributed by atoms with Gasteiger partial charge < -0.3 is 15.2 Å². The SMILES string of the molecule is COC(=O)[C@H]1CC[C@@H](Nc2nnc(-c3ccc(C(F)(F)F)cc3O)c(C)n2)C1. The average Bonchev–Trinajstić information content (AvgIpc) is 3.09. The van der Waals surface area contributed by atoms with Crippen LogP contribution in [-0.2, 0) is 15.7 Å². The first-order valence-corrected chi connectivity index (χ1v) is 8.65. The molecule has 28 heavy (non-hydrogen) atoms. The second-order valence-corrected chi connectivity index (χ2v) is 6.67. The molecule has 7 nitrogen and oxygen atoms in total. The highest BCUT2D eigenvalue weighted by atomic mass is 19.4. The lowest BCUT2D eigenvalue weighted by molar-refractivity contribution is -0.145. The molecule has 0 saturated heterocycles. The summed E-state index contributed by atoms with van der Waals surface area (Å²) in [6, 6.07) is 2.65. The largest absolute Gasteiger partial charge is 0.507 e. The number of aromatic nitrogens is 3. The van der Waals surface area contributed by atoms with Gasteiger partial charge in [0, 0.05) is 11.6 Å². The fourth-order valence-corrected chi connectivity index (χ4v) is 3.30. The Morgan fingerprint density at radius 3 is 2.64 bits per heavy atom. The Kier molecular flexibility index (Phi) is 5.39. The molecule has 0 unspecified atom stereocenters. The minimum absolute atomic E-state index is 0.00405. The van der Waals surface area contributed by atoms with Crippen molar-refractivity contribution < 1.29 is 27.8 Å². The van der Waals surface area contributed by atoms with Gasteiger partial charge in [0.2, 0.25) is 5.95 Å². The number of rotatable bonds is 4. The predicted molar refractivity (Wildman–Crippen MR) is 93.4 cm³/mol. The number of anilines is 1. The van der Waals surface area contributed by atoms with Gasteiger partial charge in [0.25, 0.3) is 0 Å². The molecule has 1 aromatic carbocycles. The first kappa shape index (κ1) is 19.8. The van der Waals surface area contributed by atoms with E-state index in [1.165, 1.54) is 7.11 Å². The first-order valence-electron chi connectivity index (χ1n) is 8.65. The number of methoxy groups -OCH3 is 1. The van der Waals surface area contributed by atoms with Gasteiger partial charge in [-0.05, 0) is 44.4 Å². The maximum absolute atomic E-state index is 12.7. The van der Waals surface area contributed by atoms with Gasteiger partial charge in [0.15, 0.2) is 0 Å². The molecule has 1 saturated carbocycles. The van der Waals surface area contributed by atoms with Crippen molar-refractivity contribution in [3.8, 4) is 17.0 Å². The number of phenolic OH excluding ortho intramolecular Hbond substituents is 1. The fraction of sp³-hybridized carbons (Fsp3) is 0.444. The molecule has 150 valence electrons. The summed E-state index contributed by atoms with van der Waals surface area (Å²) in [6.07, 6.45) is -2.50. The van der Waals surface area contributed by atoms with Gasteiger partial charge in [0.1, 0.15) is 11.4 Å². The monoisotopic (exact) mass is 396 g/mol. The Bertz CT molecular complexity index is 889. The van der Waals surface area contributed by atoms with E-state index in [0.29, 0.717) is 24.6 Å². The Balaban J connectivity index is 1.76. The summed E-state index contributed by atoms with van der Waals surface area (Å²) in [7, 11) is 1.36. The second-order valence-electron chi connectivity index (χ2n) is 6.67. The number of phenols is 1. The van der Waals surface area contributed by atoms with Gasteiger partial charge in [-0.1, -0.05) is 0 Å². The number of aryl methyl sites for hydroxylation is 1. The summed E-state index contributed by atoms with van der Waals surface area (Å²) in [5.74, 6) is -0.706. The standard InChI is InChI=1S/C18H19F3N4O3/c1-9-15(13-6-4-11(8-14(13)26)18(19,20)21)24-25-17(22-9)23-12-5-3-10(7-12)16(27)28-2/h4,6,8,10,12,26H,3,5,7H2,1-2H3,(H,22,23,25)/t10-,12+/m0/s1. The van der Waals surface area contributed by atoms with Gasteiger partial charge >= 0.3 is 12.1 Å². The molecule has 3 rings (SSSR count). The molecule has 10 heteroatoms. The van der Waals surface area contributed by atoms with Crippen LogP contribution in [0, 0.1) is 12.8 Å². The molecule has 0 bridgehead atoms. The lowest BCUT2D eigenvalue weighted by Crippen LogP contribution is -2.20. The molecule has 1 aromatic heterocycles. The summed E-state index contributed by atoms with van der Waals surface area (Å²) in [5, 5.41) is 21.1. The van der Waals surface area contributed by atoms with Gasteiger partial charge in [0.05, 0.1) is 24.3 Å². The number of nitrogens with one attached hydrogen (secondary N) is 1. The lowest BCUT2D eigenvalue weighted by atomic mass is 10.1. The molecule has 2 atom stereocenters. The van der Waals surface area contributed by atoms with Crippen LogP contribution in [0.25, 0.3) is 11.3 Å². The third-order valence-electron chi connectivity index (χ3n) is 4.74. The summed E-state index contributed by atoms with van der Waals surface area (Å²) < 4.78 is 43.0. The number of nitrogens with zero attached hydrogens (tertiary/aromatic N) is 3. The van der Waals surface area contributed by atoms with Gasteiger partial charge in [-0.2, -0.15) is 13.2 Å². The van der Waals surface area contributed by atoms with E-state index in [0.717, 1.165) is 18.6 Å². The number of hydrogen-bond acceptors (Lipinski definition) is 7. The van der Waals surface area contributed by atoms with Crippen molar-refractivity contribution >= 4 is 11.9 Å². The summed E-state index contributed by atoms with van der Waals surface area (Å²) in [6.45, 7) is 1.62. The maximum Gasteiger partial charge on any atom is 0.416 e. The summed E-state index contributed by atoms with van der Waals surface area (Å²) in [5.41, 5.74) is -0.249. The van der Waals surface area contributed by atoms with E-state index in [4.69, 9.17) is 4.74 Å². The molecule has 0 radical (unpaired) electrons. The van der Waals surface area contributed by atoms with Gasteiger partial charge in [-0.15, -0.1) is 10.2 Å². The van der Waals surface area contributed by atoms with Gasteiger partial charge in [-0.25, -0.2) is 4.98 Å². The Morgan fingerprint density at radius 1 is 1.29 bits per heavy atom. The Morgan fingerprint density at radius 2 is 2.04 bits per heavy atom. The van der Waals surface area contributed by atoms with Crippen LogP contribution in [0.1, 0.15) is 30.5 Å². The highest BCUT2D eigenvalue weighted by molar-refractivity contribution is 5.73. The minimum Gasteiger partial charge on any atom is -0.507 e. The van der Waals surface area contributed by atoms with Crippen LogP contribution in [-0.4, -0.2) is 39.4 Å². The average molecular weight is 396 g/mol. The molecule has 2 aromatic rings. The summed E-state index contributed by atoms with van der Waals surface area (Å²) in [4.78, 5) is 15.9. The Hall–Kier alpha value is -2.91. The van der Waals surface area contributed by atoms with Crippen molar-refractivity contribution in [3.63, 3.8) is 0 Å². The van der Waals surface area contributed by atoms with E-state index >= 15 is 0 Å². The fourth-order valence-electron chi connectivity index (χ4n) is 3.30. The van der Waals surface area contributed by atoms with Gasteiger partial charge in [-0.3, -0.25) is 4.79 Å². The van der Waals surface area contributed by atoms with Crippen molar-refractivity contribution in [2.45, 2.75) is 38.4 Å². The van der Waals surface area contributed by atoms with Crippen LogP contribution in [0.5, 0.6) is 5.75 Å². The molecule has 0 spiro atoms. The van der Waals surface area contributed by atoms with Crippen LogP contribution in [0.2, 0.25) is 0 Å². The number of esters is 1. The Labute approximate surface area is 159 Å². The minimum atomic E-state index is -4.55. The van der Waals surface area contributed by atoms with E-state index in [2.05, 4.69) is 20.5 Å². The number of carbonyl (C=O) groups is 1. The molecule has 1 heterocycles. The molecule has 0 aliphatic heterocycles. The molecule has 1 aliphatic carbocycles. The number of hydrogen-bond donors (Lipinski definition) is 2. The van der Waals surface area contributed by atoms with E-state index in [-0.39, 0.29) is 35.1 Å². The normalized spacial score (nSPS) is 19.5. The third-order valence-corrected chi connectivity index (χ3v) is 4.74. The molecular weight excluding hydrogens is 377 g/mol. The van der Waals surface area contributed by atoms with Crippen molar-refractivity contribution in [2.75, 3.05) is 12.4 Å². The van der Waals surface area contributed by atoms with Crippen LogP contribution in [0.4, 0.5) is 19.1 Å². The number of alkyl halides is 3. The topological polar surface area (TPSA) is 97.2 Å². The van der Waals surface area contributed by atoms with Crippen molar-refractivity contribution in [3.05, 3.63) is 29.5 Å². The molecule has 1 fully saturated rings. The predicted octanol–water partition coefficient (Wildman–Crippen LogP) is 3.33. The highest BCUT2D eigenvalue weighted by Crippen LogP contribution is 2.36. The molecule has 0 amide bonds. The maximum atomic E-state index is 12.7. The van der Waals surface area contributed by atoms with E-state index in [1.807, 2.05) is 0 Å².